The highest BCUT2D eigenvalue weighted by atomic mass is 16.5. The van der Waals surface area contributed by atoms with Gasteiger partial charge in [-0.05, 0) is 72.6 Å². The summed E-state index contributed by atoms with van der Waals surface area (Å²) < 4.78 is 5.83. The van der Waals surface area contributed by atoms with Crippen LogP contribution in [0.5, 0.6) is 5.75 Å². The van der Waals surface area contributed by atoms with E-state index < -0.39 is 0 Å². The minimum atomic E-state index is 0.804. The Balaban J connectivity index is 1.43. The van der Waals surface area contributed by atoms with E-state index in [1.54, 1.807) is 0 Å². The molecular weight excluding hydrogens is 402 g/mol. The highest BCUT2D eigenvalue weighted by Crippen LogP contribution is 2.23. The van der Waals surface area contributed by atoms with Crippen molar-refractivity contribution in [3.05, 3.63) is 83.7 Å². The number of benzene rings is 2. The summed E-state index contributed by atoms with van der Waals surface area (Å²) in [6.45, 7) is 5.28. The van der Waals surface area contributed by atoms with Gasteiger partial charge in [0.1, 0.15) is 5.75 Å². The quantitative estimate of drug-likeness (QED) is 0.219. The molecule has 1 aromatic heterocycles. The third-order valence-electron chi connectivity index (χ3n) is 6.28. The normalized spacial score (nSPS) is 11.0. The summed E-state index contributed by atoms with van der Waals surface area (Å²) in [5.41, 5.74) is 6.39. The van der Waals surface area contributed by atoms with E-state index in [0.717, 1.165) is 38.0 Å². The average molecular weight is 444 g/mol. The average Bonchev–Trinajstić information content (AvgIpc) is 2.87. The van der Waals surface area contributed by atoms with Crippen LogP contribution in [0.25, 0.3) is 11.1 Å². The molecule has 0 radical (unpaired) electrons. The van der Waals surface area contributed by atoms with Gasteiger partial charge < -0.3 is 4.74 Å². The van der Waals surface area contributed by atoms with Crippen molar-refractivity contribution in [3.8, 4) is 16.9 Å². The number of ether oxygens (including phenoxy) is 1. The van der Waals surface area contributed by atoms with Crippen molar-refractivity contribution in [1.29, 1.82) is 0 Å². The molecule has 0 amide bonds. The number of hydrogen-bond acceptors (Lipinski definition) is 2. The van der Waals surface area contributed by atoms with Gasteiger partial charge in [-0.3, -0.25) is 4.98 Å². The van der Waals surface area contributed by atoms with Crippen molar-refractivity contribution in [1.82, 2.24) is 4.98 Å². The van der Waals surface area contributed by atoms with Gasteiger partial charge in [0, 0.05) is 11.9 Å². The zero-order valence-electron chi connectivity index (χ0n) is 20.7. The van der Waals surface area contributed by atoms with Gasteiger partial charge >= 0.3 is 0 Å². The maximum atomic E-state index is 5.83. The monoisotopic (exact) mass is 443 g/mol. The Morgan fingerprint density at radius 2 is 1.21 bits per heavy atom. The third-order valence-corrected chi connectivity index (χ3v) is 6.28. The predicted octanol–water partition coefficient (Wildman–Crippen LogP) is 8.62. The fourth-order valence-corrected chi connectivity index (χ4v) is 4.11. The van der Waals surface area contributed by atoms with Crippen molar-refractivity contribution < 1.29 is 4.74 Å². The van der Waals surface area contributed by atoms with Crippen LogP contribution in [0.4, 0.5) is 0 Å². The number of pyridine rings is 1. The highest BCUT2D eigenvalue weighted by Gasteiger charge is 2.02. The van der Waals surface area contributed by atoms with Gasteiger partial charge in [-0.1, -0.05) is 94.8 Å². The first kappa shape index (κ1) is 25.0. The molecule has 0 aliphatic rings. The third kappa shape index (κ3) is 9.04. The van der Waals surface area contributed by atoms with Crippen LogP contribution in [-0.4, -0.2) is 11.6 Å². The number of aryl methyl sites for hydroxylation is 3. The second-order valence-corrected chi connectivity index (χ2v) is 9.10. The number of unbranched alkanes of at least 4 members (excludes halogenated alkanes) is 6. The highest BCUT2D eigenvalue weighted by molar-refractivity contribution is 5.64. The Kier molecular flexibility index (Phi) is 11.0. The van der Waals surface area contributed by atoms with Gasteiger partial charge in [0.05, 0.1) is 6.61 Å². The molecule has 3 aromatic rings. The van der Waals surface area contributed by atoms with Gasteiger partial charge in [-0.2, -0.15) is 0 Å². The molecule has 0 fully saturated rings. The maximum Gasteiger partial charge on any atom is 0.119 e. The van der Waals surface area contributed by atoms with Crippen molar-refractivity contribution in [2.45, 2.75) is 84.5 Å². The first-order chi connectivity index (χ1) is 16.3. The molecule has 2 nitrogen and oxygen atoms in total. The van der Waals surface area contributed by atoms with Gasteiger partial charge in [0.15, 0.2) is 0 Å². The molecule has 176 valence electrons. The maximum absolute atomic E-state index is 5.83. The molecule has 2 aromatic carbocycles. The second kappa shape index (κ2) is 14.5. The lowest BCUT2D eigenvalue weighted by molar-refractivity contribution is 0.306. The lowest BCUT2D eigenvalue weighted by atomic mass is 10.0. The summed E-state index contributed by atoms with van der Waals surface area (Å²) in [7, 11) is 0. The lowest BCUT2D eigenvalue weighted by Gasteiger charge is -2.08. The SMILES string of the molecule is CCCCCCCc1ccc(CCc2ccc(-c3ccc(OCCCCC)cc3)cc2)nc1. The summed E-state index contributed by atoms with van der Waals surface area (Å²) in [6, 6.07) is 21.9. The smallest absolute Gasteiger partial charge is 0.119 e. The Labute approximate surface area is 201 Å². The number of rotatable bonds is 15. The van der Waals surface area contributed by atoms with E-state index in [1.807, 2.05) is 0 Å². The van der Waals surface area contributed by atoms with Crippen LogP contribution >= 0.6 is 0 Å². The Bertz CT molecular complexity index is 897. The van der Waals surface area contributed by atoms with E-state index in [2.05, 4.69) is 80.7 Å². The molecule has 3 rings (SSSR count). The van der Waals surface area contributed by atoms with E-state index >= 15 is 0 Å². The minimum Gasteiger partial charge on any atom is -0.494 e. The molecular formula is C31H41NO. The van der Waals surface area contributed by atoms with Crippen molar-refractivity contribution in [2.75, 3.05) is 6.61 Å². The summed E-state index contributed by atoms with van der Waals surface area (Å²) in [5, 5.41) is 0. The summed E-state index contributed by atoms with van der Waals surface area (Å²) in [4.78, 5) is 4.70. The van der Waals surface area contributed by atoms with Crippen molar-refractivity contribution in [3.63, 3.8) is 0 Å². The first-order valence-electron chi connectivity index (χ1n) is 13.0. The van der Waals surface area contributed by atoms with Crippen LogP contribution in [0.2, 0.25) is 0 Å². The van der Waals surface area contributed by atoms with Gasteiger partial charge in [0.2, 0.25) is 0 Å². The van der Waals surface area contributed by atoms with Crippen molar-refractivity contribution >= 4 is 0 Å². The molecule has 0 bridgehead atoms. The van der Waals surface area contributed by atoms with Crippen LogP contribution in [0.3, 0.4) is 0 Å². The first-order valence-corrected chi connectivity index (χ1v) is 13.0. The summed E-state index contributed by atoms with van der Waals surface area (Å²) in [6.07, 6.45) is 15.5. The van der Waals surface area contributed by atoms with Gasteiger partial charge in [0.25, 0.3) is 0 Å². The number of aromatic nitrogens is 1. The molecule has 0 aliphatic carbocycles. The summed E-state index contributed by atoms with van der Waals surface area (Å²) in [5.74, 6) is 0.960. The van der Waals surface area contributed by atoms with Crippen LogP contribution in [-0.2, 0) is 19.3 Å². The molecule has 2 heteroatoms. The van der Waals surface area contributed by atoms with Crippen LogP contribution < -0.4 is 4.74 Å². The lowest BCUT2D eigenvalue weighted by Crippen LogP contribution is -1.97. The van der Waals surface area contributed by atoms with E-state index in [-0.39, 0.29) is 0 Å². The second-order valence-electron chi connectivity index (χ2n) is 9.10. The zero-order valence-corrected chi connectivity index (χ0v) is 20.7. The van der Waals surface area contributed by atoms with E-state index in [1.165, 1.54) is 72.9 Å². The van der Waals surface area contributed by atoms with Crippen LogP contribution in [0.15, 0.2) is 66.9 Å². The topological polar surface area (TPSA) is 22.1 Å². The minimum absolute atomic E-state index is 0.804. The molecule has 0 unspecified atom stereocenters. The Morgan fingerprint density at radius 1 is 0.576 bits per heavy atom. The molecule has 0 N–H and O–H groups in total. The van der Waals surface area contributed by atoms with Gasteiger partial charge in [-0.15, -0.1) is 0 Å². The zero-order chi connectivity index (χ0) is 23.1. The molecule has 33 heavy (non-hydrogen) atoms. The van der Waals surface area contributed by atoms with E-state index in [0.29, 0.717) is 0 Å². The molecule has 0 spiro atoms. The molecule has 0 saturated heterocycles. The van der Waals surface area contributed by atoms with Gasteiger partial charge in [-0.25, -0.2) is 0 Å². The standard InChI is InChI=1S/C31H41NO/c1-3-5-7-8-9-11-27-15-21-30(32-25-27)20-14-26-12-16-28(17-13-26)29-18-22-31(23-19-29)33-24-10-6-4-2/h12-13,15-19,21-23,25H,3-11,14,20,24H2,1-2H3. The molecule has 1 heterocycles. The van der Waals surface area contributed by atoms with Crippen molar-refractivity contribution in [2.24, 2.45) is 0 Å². The molecule has 0 atom stereocenters. The summed E-state index contributed by atoms with van der Waals surface area (Å²) >= 11 is 0. The molecule has 0 saturated carbocycles. The van der Waals surface area contributed by atoms with Crippen LogP contribution in [0, 0.1) is 0 Å². The number of nitrogens with zero attached hydrogens (tertiary/aromatic N) is 1. The molecule has 0 aliphatic heterocycles. The fraction of sp³-hybridized carbons (Fsp3) is 0.452. The van der Waals surface area contributed by atoms with E-state index in [4.69, 9.17) is 9.72 Å². The predicted molar refractivity (Wildman–Crippen MR) is 141 cm³/mol. The fourth-order valence-electron chi connectivity index (χ4n) is 4.11. The van der Waals surface area contributed by atoms with Crippen LogP contribution in [0.1, 0.15) is 82.0 Å². The Hall–Kier alpha value is -2.61. The largest absolute Gasteiger partial charge is 0.494 e. The van der Waals surface area contributed by atoms with E-state index in [9.17, 15) is 0 Å². The number of hydrogen-bond donors (Lipinski definition) is 0. The Morgan fingerprint density at radius 3 is 1.88 bits per heavy atom.